The highest BCUT2D eigenvalue weighted by atomic mass is 16.5. The average molecular weight is 274 g/mol. The number of ether oxygens (including phenoxy) is 2. The predicted octanol–water partition coefficient (Wildman–Crippen LogP) is 2.49. The second-order valence-corrected chi connectivity index (χ2v) is 4.77. The Bertz CT molecular complexity index is 519. The molecule has 0 radical (unpaired) electrons. The molecule has 1 aliphatic heterocycles. The van der Waals surface area contributed by atoms with E-state index in [4.69, 9.17) is 9.47 Å². The molecule has 4 nitrogen and oxygen atoms in total. The Kier molecular flexibility index (Phi) is 4.56. The first-order valence-electron chi connectivity index (χ1n) is 6.72. The molecule has 0 unspecified atom stereocenters. The van der Waals surface area contributed by atoms with E-state index in [9.17, 15) is 9.59 Å². The molecular weight excluding hydrogens is 256 g/mol. The number of allylic oxidation sites excluding steroid dienone is 1. The van der Waals surface area contributed by atoms with Crippen molar-refractivity contribution < 1.29 is 19.1 Å². The lowest BCUT2D eigenvalue weighted by Gasteiger charge is -2.26. The monoisotopic (exact) mass is 274 g/mol. The van der Waals surface area contributed by atoms with E-state index in [0.717, 1.165) is 5.56 Å². The van der Waals surface area contributed by atoms with Crippen LogP contribution in [0.15, 0.2) is 42.2 Å². The van der Waals surface area contributed by atoms with Crippen LogP contribution >= 0.6 is 0 Å². The van der Waals surface area contributed by atoms with Crippen LogP contribution < -0.4 is 0 Å². The molecule has 2 rings (SSSR count). The smallest absolute Gasteiger partial charge is 0.315 e. The Morgan fingerprint density at radius 2 is 2.00 bits per heavy atom. The van der Waals surface area contributed by atoms with Gasteiger partial charge in [-0.3, -0.25) is 9.59 Å². The largest absolute Gasteiger partial charge is 0.466 e. The zero-order chi connectivity index (χ0) is 14.5. The maximum Gasteiger partial charge on any atom is 0.315 e. The van der Waals surface area contributed by atoms with E-state index in [-0.39, 0.29) is 11.9 Å². The number of hydrogen-bond acceptors (Lipinski definition) is 4. The van der Waals surface area contributed by atoms with Crippen LogP contribution in [0.4, 0.5) is 0 Å². The third kappa shape index (κ3) is 3.26. The maximum absolute atomic E-state index is 12.1. The van der Waals surface area contributed by atoms with Crippen molar-refractivity contribution in [3.63, 3.8) is 0 Å². The van der Waals surface area contributed by atoms with Gasteiger partial charge in [0.1, 0.15) is 5.76 Å². The summed E-state index contributed by atoms with van der Waals surface area (Å²) >= 11 is 0. The minimum Gasteiger partial charge on any atom is -0.466 e. The van der Waals surface area contributed by atoms with Gasteiger partial charge in [0.25, 0.3) is 0 Å². The Labute approximate surface area is 118 Å². The molecule has 1 heterocycles. The van der Waals surface area contributed by atoms with Gasteiger partial charge in [0, 0.05) is 0 Å². The van der Waals surface area contributed by atoms with Crippen LogP contribution in [0.2, 0.25) is 0 Å². The number of cyclic esters (lactones) is 1. The van der Waals surface area contributed by atoms with Gasteiger partial charge in [0.15, 0.2) is 0 Å². The van der Waals surface area contributed by atoms with E-state index < -0.39 is 11.8 Å². The van der Waals surface area contributed by atoms with Crippen molar-refractivity contribution in [2.45, 2.75) is 20.3 Å². The van der Waals surface area contributed by atoms with Crippen molar-refractivity contribution in [3.8, 4) is 0 Å². The van der Waals surface area contributed by atoms with Crippen molar-refractivity contribution in [2.75, 3.05) is 6.61 Å². The molecule has 0 aliphatic carbocycles. The van der Waals surface area contributed by atoms with E-state index in [1.807, 2.05) is 30.3 Å². The number of hydrogen-bond donors (Lipinski definition) is 0. The standard InChI is InChI=1S/C16H18O4/c1-3-19-15(17)13-9-11(2)20-16(18)14(13)10-12-7-5-4-6-8-12/h4-9,13-14H,3,10H2,1-2H3/t13-,14-/m0/s1. The third-order valence-electron chi connectivity index (χ3n) is 3.27. The van der Waals surface area contributed by atoms with Gasteiger partial charge in [0.05, 0.1) is 18.4 Å². The summed E-state index contributed by atoms with van der Waals surface area (Å²) in [5.41, 5.74) is 0.997. The van der Waals surface area contributed by atoms with Gasteiger partial charge in [-0.1, -0.05) is 30.3 Å². The summed E-state index contributed by atoms with van der Waals surface area (Å²) in [5.74, 6) is -1.38. The topological polar surface area (TPSA) is 52.6 Å². The first kappa shape index (κ1) is 14.3. The van der Waals surface area contributed by atoms with E-state index >= 15 is 0 Å². The van der Waals surface area contributed by atoms with Gasteiger partial charge >= 0.3 is 11.9 Å². The molecule has 0 spiro atoms. The predicted molar refractivity (Wildman–Crippen MR) is 73.6 cm³/mol. The summed E-state index contributed by atoms with van der Waals surface area (Å²) < 4.78 is 10.2. The molecule has 0 aromatic heterocycles. The quantitative estimate of drug-likeness (QED) is 0.791. The molecule has 4 heteroatoms. The maximum atomic E-state index is 12.1. The Hall–Kier alpha value is -2.10. The average Bonchev–Trinajstić information content (AvgIpc) is 2.43. The van der Waals surface area contributed by atoms with E-state index in [1.54, 1.807) is 19.9 Å². The van der Waals surface area contributed by atoms with Crippen molar-refractivity contribution >= 4 is 11.9 Å². The Morgan fingerprint density at radius 3 is 2.65 bits per heavy atom. The SMILES string of the molecule is CCOC(=O)[C@H]1C=C(C)OC(=O)[C@H]1Cc1ccccc1. The van der Waals surface area contributed by atoms with Gasteiger partial charge in [-0.25, -0.2) is 0 Å². The number of rotatable bonds is 4. The van der Waals surface area contributed by atoms with Crippen LogP contribution in [-0.2, 0) is 25.5 Å². The van der Waals surface area contributed by atoms with E-state index in [2.05, 4.69) is 0 Å². The van der Waals surface area contributed by atoms with Crippen LogP contribution in [0.5, 0.6) is 0 Å². The first-order valence-corrected chi connectivity index (χ1v) is 6.72. The zero-order valence-corrected chi connectivity index (χ0v) is 11.7. The van der Waals surface area contributed by atoms with Gasteiger partial charge in [-0.15, -0.1) is 0 Å². The summed E-state index contributed by atoms with van der Waals surface area (Å²) in [6, 6.07) is 9.59. The minimum absolute atomic E-state index is 0.301. The highest BCUT2D eigenvalue weighted by Gasteiger charge is 2.38. The zero-order valence-electron chi connectivity index (χ0n) is 11.7. The van der Waals surface area contributed by atoms with Gasteiger partial charge in [-0.05, 0) is 31.9 Å². The molecular formula is C16H18O4. The van der Waals surface area contributed by atoms with Crippen molar-refractivity contribution in [1.29, 1.82) is 0 Å². The van der Waals surface area contributed by atoms with Crippen molar-refractivity contribution in [1.82, 2.24) is 0 Å². The number of carbonyl (C=O) groups excluding carboxylic acids is 2. The number of benzene rings is 1. The van der Waals surface area contributed by atoms with Crippen LogP contribution in [0, 0.1) is 11.8 Å². The second-order valence-electron chi connectivity index (χ2n) is 4.77. The van der Waals surface area contributed by atoms with E-state index in [1.165, 1.54) is 0 Å². The molecule has 2 atom stereocenters. The van der Waals surface area contributed by atoms with Crippen LogP contribution in [0.25, 0.3) is 0 Å². The molecule has 0 amide bonds. The van der Waals surface area contributed by atoms with Crippen molar-refractivity contribution in [2.24, 2.45) is 11.8 Å². The lowest BCUT2D eigenvalue weighted by Crippen LogP contribution is -2.36. The number of esters is 2. The molecule has 20 heavy (non-hydrogen) atoms. The first-order chi connectivity index (χ1) is 9.61. The van der Waals surface area contributed by atoms with Crippen molar-refractivity contribution in [3.05, 3.63) is 47.7 Å². The molecule has 0 bridgehead atoms. The fourth-order valence-electron chi connectivity index (χ4n) is 2.33. The highest BCUT2D eigenvalue weighted by Crippen LogP contribution is 2.28. The van der Waals surface area contributed by atoms with E-state index in [0.29, 0.717) is 18.8 Å². The molecule has 106 valence electrons. The summed E-state index contributed by atoms with van der Waals surface area (Å²) in [7, 11) is 0. The van der Waals surface area contributed by atoms with Crippen LogP contribution in [0.1, 0.15) is 19.4 Å². The molecule has 0 N–H and O–H groups in total. The van der Waals surface area contributed by atoms with Crippen LogP contribution in [0.3, 0.4) is 0 Å². The molecule has 1 aromatic rings. The molecule has 0 fully saturated rings. The lowest BCUT2D eigenvalue weighted by molar-refractivity contribution is -0.158. The second kappa shape index (κ2) is 6.37. The fourth-order valence-corrected chi connectivity index (χ4v) is 2.33. The summed E-state index contributed by atoms with van der Waals surface area (Å²) in [6.45, 7) is 3.72. The lowest BCUT2D eigenvalue weighted by atomic mass is 9.85. The van der Waals surface area contributed by atoms with Gasteiger partial charge in [0.2, 0.25) is 0 Å². The normalized spacial score (nSPS) is 21.9. The molecule has 1 aliphatic rings. The highest BCUT2D eigenvalue weighted by molar-refractivity contribution is 5.85. The molecule has 0 saturated heterocycles. The Balaban J connectivity index is 2.22. The minimum atomic E-state index is -0.573. The summed E-state index contributed by atoms with van der Waals surface area (Å²) in [6.07, 6.45) is 2.14. The Morgan fingerprint density at radius 1 is 1.30 bits per heavy atom. The summed E-state index contributed by atoms with van der Waals surface area (Å²) in [4.78, 5) is 24.1. The van der Waals surface area contributed by atoms with Gasteiger partial charge < -0.3 is 9.47 Å². The number of carbonyl (C=O) groups is 2. The summed E-state index contributed by atoms with van der Waals surface area (Å²) in [5, 5.41) is 0. The van der Waals surface area contributed by atoms with Gasteiger partial charge in [-0.2, -0.15) is 0 Å². The third-order valence-corrected chi connectivity index (χ3v) is 3.27. The molecule has 1 aromatic carbocycles. The fraction of sp³-hybridized carbons (Fsp3) is 0.375. The molecule has 0 saturated carbocycles. The van der Waals surface area contributed by atoms with Crippen LogP contribution in [-0.4, -0.2) is 18.5 Å².